The first kappa shape index (κ1) is 15.7. The molecule has 0 N–H and O–H groups in total. The van der Waals surface area contributed by atoms with Gasteiger partial charge in [0.05, 0.1) is 11.0 Å². The summed E-state index contributed by atoms with van der Waals surface area (Å²) in [7, 11) is 0. The number of nitrogens with zero attached hydrogens (tertiary/aromatic N) is 2. The summed E-state index contributed by atoms with van der Waals surface area (Å²) in [4.78, 5) is 4.79. The summed E-state index contributed by atoms with van der Waals surface area (Å²) in [6.45, 7) is 0.788. The third kappa shape index (κ3) is 3.49. The van der Waals surface area contributed by atoms with E-state index < -0.39 is 0 Å². The van der Waals surface area contributed by atoms with Crippen LogP contribution in [-0.2, 0) is 6.54 Å². The van der Waals surface area contributed by atoms with Crippen molar-refractivity contribution in [3.8, 4) is 0 Å². The summed E-state index contributed by atoms with van der Waals surface area (Å²) in [5.74, 6) is 0.935. The van der Waals surface area contributed by atoms with E-state index in [0.717, 1.165) is 34.0 Å². The molecule has 0 aliphatic rings. The van der Waals surface area contributed by atoms with Crippen LogP contribution in [0.25, 0.3) is 23.2 Å². The average Bonchev–Trinajstić information content (AvgIpc) is 2.99. The van der Waals surface area contributed by atoms with Gasteiger partial charge in [-0.25, -0.2) is 4.98 Å². The third-order valence-corrected chi connectivity index (χ3v) is 4.38. The molecule has 0 saturated carbocycles. The van der Waals surface area contributed by atoms with E-state index in [2.05, 4.69) is 53.1 Å². The van der Waals surface area contributed by atoms with Crippen molar-refractivity contribution in [2.75, 3.05) is 0 Å². The van der Waals surface area contributed by atoms with Crippen molar-refractivity contribution in [2.24, 2.45) is 0 Å². The molecule has 0 unspecified atom stereocenters. The lowest BCUT2D eigenvalue weighted by Crippen LogP contribution is -2.01. The maximum atomic E-state index is 6.07. The van der Waals surface area contributed by atoms with E-state index in [1.54, 1.807) is 0 Å². The molecule has 0 saturated heterocycles. The van der Waals surface area contributed by atoms with E-state index >= 15 is 0 Å². The summed E-state index contributed by atoms with van der Waals surface area (Å²) in [6, 6.07) is 26.5. The van der Waals surface area contributed by atoms with Gasteiger partial charge in [-0.2, -0.15) is 0 Å². The van der Waals surface area contributed by atoms with Gasteiger partial charge in [0.25, 0.3) is 0 Å². The van der Waals surface area contributed by atoms with Crippen LogP contribution in [0.2, 0.25) is 5.02 Å². The molecule has 0 aliphatic carbocycles. The van der Waals surface area contributed by atoms with Gasteiger partial charge in [-0.05, 0) is 41.5 Å². The Hall–Kier alpha value is -2.84. The number of benzene rings is 3. The topological polar surface area (TPSA) is 17.8 Å². The minimum atomic E-state index is 0.736. The maximum absolute atomic E-state index is 6.07. The number of aromatic nitrogens is 2. The molecule has 0 radical (unpaired) electrons. The number of imidazole rings is 1. The van der Waals surface area contributed by atoms with Gasteiger partial charge in [0.15, 0.2) is 0 Å². The van der Waals surface area contributed by atoms with Crippen LogP contribution in [-0.4, -0.2) is 9.55 Å². The smallest absolute Gasteiger partial charge is 0.134 e. The number of hydrogen-bond acceptors (Lipinski definition) is 1. The van der Waals surface area contributed by atoms with Gasteiger partial charge in [0.1, 0.15) is 5.82 Å². The zero-order valence-corrected chi connectivity index (χ0v) is 14.4. The Morgan fingerprint density at radius 1 is 0.840 bits per heavy atom. The minimum Gasteiger partial charge on any atom is -0.320 e. The molecule has 25 heavy (non-hydrogen) atoms. The van der Waals surface area contributed by atoms with Gasteiger partial charge in [-0.3, -0.25) is 0 Å². The molecule has 0 atom stereocenters. The van der Waals surface area contributed by atoms with Crippen molar-refractivity contribution in [3.63, 3.8) is 0 Å². The zero-order chi connectivity index (χ0) is 17.1. The van der Waals surface area contributed by atoms with E-state index in [1.807, 2.05) is 42.5 Å². The fraction of sp³-hybridized carbons (Fsp3) is 0.0455. The number of rotatable bonds is 4. The van der Waals surface area contributed by atoms with Crippen molar-refractivity contribution in [3.05, 3.63) is 101 Å². The van der Waals surface area contributed by atoms with Crippen molar-refractivity contribution in [1.29, 1.82) is 0 Å². The first-order chi connectivity index (χ1) is 12.3. The molecule has 4 rings (SSSR count). The van der Waals surface area contributed by atoms with Crippen molar-refractivity contribution >= 4 is 34.8 Å². The molecule has 3 heteroatoms. The highest BCUT2D eigenvalue weighted by Gasteiger charge is 2.08. The fourth-order valence-electron chi connectivity index (χ4n) is 2.93. The Morgan fingerprint density at radius 3 is 2.48 bits per heavy atom. The molecule has 122 valence electrons. The first-order valence-corrected chi connectivity index (χ1v) is 8.60. The second-order valence-corrected chi connectivity index (χ2v) is 6.36. The van der Waals surface area contributed by atoms with Gasteiger partial charge in [0.2, 0.25) is 0 Å². The summed E-state index contributed by atoms with van der Waals surface area (Å²) < 4.78 is 2.24. The van der Waals surface area contributed by atoms with Gasteiger partial charge in [-0.1, -0.05) is 72.3 Å². The van der Waals surface area contributed by atoms with Crippen LogP contribution < -0.4 is 0 Å². The Balaban J connectivity index is 1.76. The summed E-state index contributed by atoms with van der Waals surface area (Å²) in [5.41, 5.74) is 4.45. The molecule has 0 spiro atoms. The Morgan fingerprint density at radius 2 is 1.64 bits per heavy atom. The second kappa shape index (κ2) is 6.96. The monoisotopic (exact) mass is 344 g/mol. The normalized spacial score (nSPS) is 11.4. The van der Waals surface area contributed by atoms with E-state index in [1.165, 1.54) is 5.56 Å². The predicted molar refractivity (Wildman–Crippen MR) is 106 cm³/mol. The SMILES string of the molecule is Clc1cccc(/C=C/c2nc3ccccc3n2Cc2ccccc2)c1. The minimum absolute atomic E-state index is 0.736. The number of fused-ring (bicyclic) bond motifs is 1. The van der Waals surface area contributed by atoms with Gasteiger partial charge in [-0.15, -0.1) is 0 Å². The van der Waals surface area contributed by atoms with Crippen LogP contribution in [0, 0.1) is 0 Å². The molecule has 0 amide bonds. The molecule has 1 aromatic heterocycles. The third-order valence-electron chi connectivity index (χ3n) is 4.14. The van der Waals surface area contributed by atoms with Crippen LogP contribution in [0.3, 0.4) is 0 Å². The van der Waals surface area contributed by atoms with Crippen molar-refractivity contribution in [2.45, 2.75) is 6.54 Å². The van der Waals surface area contributed by atoms with E-state index in [9.17, 15) is 0 Å². The summed E-state index contributed by atoms with van der Waals surface area (Å²) in [5, 5.41) is 0.736. The maximum Gasteiger partial charge on any atom is 0.134 e. The highest BCUT2D eigenvalue weighted by atomic mass is 35.5. The highest BCUT2D eigenvalue weighted by molar-refractivity contribution is 6.30. The lowest BCUT2D eigenvalue weighted by atomic mass is 10.2. The number of hydrogen-bond donors (Lipinski definition) is 0. The van der Waals surface area contributed by atoms with Crippen molar-refractivity contribution in [1.82, 2.24) is 9.55 Å². The molecule has 2 nitrogen and oxygen atoms in total. The van der Waals surface area contributed by atoms with Crippen LogP contribution in [0.1, 0.15) is 17.0 Å². The Labute approximate surface area is 152 Å². The van der Waals surface area contributed by atoms with E-state index in [0.29, 0.717) is 0 Å². The van der Waals surface area contributed by atoms with Crippen molar-refractivity contribution < 1.29 is 0 Å². The Kier molecular flexibility index (Phi) is 4.36. The number of para-hydroxylation sites is 2. The summed E-state index contributed by atoms with van der Waals surface area (Å²) in [6.07, 6.45) is 4.10. The molecule has 4 aromatic rings. The second-order valence-electron chi connectivity index (χ2n) is 5.92. The molecule has 0 aliphatic heterocycles. The quantitative estimate of drug-likeness (QED) is 0.450. The molecular formula is C22H17ClN2. The molecular weight excluding hydrogens is 328 g/mol. The highest BCUT2D eigenvalue weighted by Crippen LogP contribution is 2.20. The Bertz CT molecular complexity index is 1030. The average molecular weight is 345 g/mol. The molecule has 0 fully saturated rings. The van der Waals surface area contributed by atoms with Crippen LogP contribution in [0.4, 0.5) is 0 Å². The fourth-order valence-corrected chi connectivity index (χ4v) is 3.13. The zero-order valence-electron chi connectivity index (χ0n) is 13.6. The van der Waals surface area contributed by atoms with Crippen LogP contribution in [0.5, 0.6) is 0 Å². The molecule has 3 aromatic carbocycles. The molecule has 1 heterocycles. The van der Waals surface area contributed by atoms with E-state index in [4.69, 9.17) is 16.6 Å². The van der Waals surface area contributed by atoms with Gasteiger partial charge in [0, 0.05) is 11.6 Å². The predicted octanol–water partition coefficient (Wildman–Crippen LogP) is 5.91. The lowest BCUT2D eigenvalue weighted by molar-refractivity contribution is 0.814. The lowest BCUT2D eigenvalue weighted by Gasteiger charge is -2.07. The summed E-state index contributed by atoms with van der Waals surface area (Å²) >= 11 is 6.07. The molecule has 0 bridgehead atoms. The van der Waals surface area contributed by atoms with Crippen LogP contribution in [0.15, 0.2) is 78.9 Å². The first-order valence-electron chi connectivity index (χ1n) is 8.22. The standard InChI is InChI=1S/C22H17ClN2/c23-19-10-6-9-17(15-19)13-14-22-24-20-11-4-5-12-21(20)25(22)16-18-7-2-1-3-8-18/h1-15H,16H2/b14-13+. The van der Waals surface area contributed by atoms with E-state index in [-0.39, 0.29) is 0 Å². The van der Waals surface area contributed by atoms with Gasteiger partial charge < -0.3 is 4.57 Å². The van der Waals surface area contributed by atoms with Gasteiger partial charge >= 0.3 is 0 Å². The largest absolute Gasteiger partial charge is 0.320 e. The van der Waals surface area contributed by atoms with Crippen LogP contribution >= 0.6 is 11.6 Å². The number of halogens is 1.